The minimum atomic E-state index is -0.928. The Balaban J connectivity index is 1.51. The van der Waals surface area contributed by atoms with Crippen LogP contribution < -0.4 is 0 Å². The van der Waals surface area contributed by atoms with Crippen LogP contribution in [0.15, 0.2) is 18.5 Å². The molecule has 2 atom stereocenters. The van der Waals surface area contributed by atoms with Gasteiger partial charge in [-0.1, -0.05) is 0 Å². The Bertz CT molecular complexity index is 833. The first kappa shape index (κ1) is 16.7. The summed E-state index contributed by atoms with van der Waals surface area (Å²) in [5.74, 6) is 0.200. The average Bonchev–Trinajstić information content (AvgIpc) is 3.23. The van der Waals surface area contributed by atoms with Crippen LogP contribution in [0, 0.1) is 11.3 Å². The quantitative estimate of drug-likeness (QED) is 0.796. The molecule has 0 unspecified atom stereocenters. The molecule has 2 aliphatic heterocycles. The second-order valence-electron chi connectivity index (χ2n) is 7.28. The van der Waals surface area contributed by atoms with Crippen LogP contribution in [0.4, 0.5) is 4.79 Å². The van der Waals surface area contributed by atoms with Crippen molar-refractivity contribution in [2.75, 3.05) is 40.3 Å². The SMILES string of the molecule is CN(C)C(=O)N1C[C@@H]2CN(Cc3nc4ncccn4n3)C[C@]2(C(=O)O)C1. The van der Waals surface area contributed by atoms with E-state index in [1.807, 2.05) is 0 Å². The minimum Gasteiger partial charge on any atom is -0.481 e. The number of likely N-dealkylation sites (tertiary alicyclic amines) is 2. The van der Waals surface area contributed by atoms with Crippen LogP contribution in [0.5, 0.6) is 0 Å². The standard InChI is InChI=1S/C16H21N7O3/c1-20(2)15(26)22-7-11-6-21(9-16(11,10-22)13(24)25)8-12-18-14-17-4-3-5-23(14)19-12/h3-5,11H,6-10H2,1-2H3,(H,24,25)/t11-,16-/m0/s1. The molecule has 10 heteroatoms. The van der Waals surface area contributed by atoms with Crippen molar-refractivity contribution in [1.29, 1.82) is 0 Å². The first-order chi connectivity index (χ1) is 12.4. The maximum absolute atomic E-state index is 12.2. The molecule has 4 rings (SSSR count). The summed E-state index contributed by atoms with van der Waals surface area (Å²) in [6, 6.07) is 1.64. The van der Waals surface area contributed by atoms with Crippen molar-refractivity contribution in [3.63, 3.8) is 0 Å². The Morgan fingerprint density at radius 3 is 2.81 bits per heavy atom. The van der Waals surface area contributed by atoms with Crippen molar-refractivity contribution in [3.8, 4) is 0 Å². The number of amides is 2. The van der Waals surface area contributed by atoms with E-state index in [0.717, 1.165) is 0 Å². The largest absolute Gasteiger partial charge is 0.481 e. The van der Waals surface area contributed by atoms with E-state index in [-0.39, 0.29) is 18.5 Å². The smallest absolute Gasteiger partial charge is 0.319 e. The molecule has 2 aliphatic rings. The van der Waals surface area contributed by atoms with Crippen molar-refractivity contribution in [3.05, 3.63) is 24.3 Å². The molecule has 138 valence electrons. The summed E-state index contributed by atoms with van der Waals surface area (Å²) in [4.78, 5) is 38.0. The topological polar surface area (TPSA) is 107 Å². The lowest BCUT2D eigenvalue weighted by Crippen LogP contribution is -2.44. The number of hydrogen-bond donors (Lipinski definition) is 1. The normalized spacial score (nSPS) is 25.6. The van der Waals surface area contributed by atoms with E-state index >= 15 is 0 Å². The molecule has 1 N–H and O–H groups in total. The van der Waals surface area contributed by atoms with Gasteiger partial charge in [-0.25, -0.2) is 14.3 Å². The number of fused-ring (bicyclic) bond motifs is 2. The summed E-state index contributed by atoms with van der Waals surface area (Å²) in [7, 11) is 3.36. The molecule has 10 nitrogen and oxygen atoms in total. The van der Waals surface area contributed by atoms with E-state index in [2.05, 4.69) is 20.0 Å². The molecule has 2 fully saturated rings. The number of rotatable bonds is 3. The Hall–Kier alpha value is -2.75. The number of aromatic nitrogens is 4. The summed E-state index contributed by atoms with van der Waals surface area (Å²) in [5, 5.41) is 14.3. The third-order valence-electron chi connectivity index (χ3n) is 5.28. The van der Waals surface area contributed by atoms with E-state index in [4.69, 9.17) is 0 Å². The zero-order chi connectivity index (χ0) is 18.5. The van der Waals surface area contributed by atoms with Crippen molar-refractivity contribution < 1.29 is 14.7 Å². The fraction of sp³-hybridized carbons (Fsp3) is 0.562. The van der Waals surface area contributed by atoms with E-state index < -0.39 is 11.4 Å². The van der Waals surface area contributed by atoms with Gasteiger partial charge in [0.1, 0.15) is 5.41 Å². The summed E-state index contributed by atoms with van der Waals surface area (Å²) >= 11 is 0. The lowest BCUT2D eigenvalue weighted by Gasteiger charge is -2.26. The van der Waals surface area contributed by atoms with Gasteiger partial charge in [-0.2, -0.15) is 4.98 Å². The van der Waals surface area contributed by atoms with Crippen molar-refractivity contribution in [1.82, 2.24) is 34.3 Å². The highest BCUT2D eigenvalue weighted by Crippen LogP contribution is 2.43. The van der Waals surface area contributed by atoms with Crippen LogP contribution >= 0.6 is 0 Å². The van der Waals surface area contributed by atoms with Gasteiger partial charge in [-0.05, 0) is 6.07 Å². The van der Waals surface area contributed by atoms with Crippen LogP contribution in [-0.2, 0) is 11.3 Å². The molecule has 0 aromatic carbocycles. The van der Waals surface area contributed by atoms with Crippen molar-refractivity contribution >= 4 is 17.8 Å². The first-order valence-corrected chi connectivity index (χ1v) is 8.47. The number of urea groups is 1. The van der Waals surface area contributed by atoms with Gasteiger partial charge in [-0.15, -0.1) is 5.10 Å². The second kappa shape index (κ2) is 5.90. The highest BCUT2D eigenvalue weighted by molar-refractivity contribution is 5.80. The van der Waals surface area contributed by atoms with Crippen LogP contribution in [0.1, 0.15) is 5.82 Å². The van der Waals surface area contributed by atoms with Gasteiger partial charge in [0.15, 0.2) is 5.82 Å². The van der Waals surface area contributed by atoms with Crippen LogP contribution in [-0.4, -0.2) is 91.7 Å². The molecule has 4 heterocycles. The number of carboxylic acids is 1. The number of nitrogens with zero attached hydrogens (tertiary/aromatic N) is 7. The van der Waals surface area contributed by atoms with Gasteiger partial charge in [0.05, 0.1) is 6.54 Å². The van der Waals surface area contributed by atoms with Gasteiger partial charge in [0.25, 0.3) is 5.78 Å². The molecule has 2 saturated heterocycles. The summed E-state index contributed by atoms with van der Waals surface area (Å²) < 4.78 is 1.61. The lowest BCUT2D eigenvalue weighted by atomic mass is 9.81. The lowest BCUT2D eigenvalue weighted by molar-refractivity contribution is -0.148. The molecule has 0 bridgehead atoms. The molecule has 0 saturated carbocycles. The number of carboxylic acid groups (broad SMARTS) is 1. The van der Waals surface area contributed by atoms with Crippen molar-refractivity contribution in [2.24, 2.45) is 11.3 Å². The molecule has 0 aliphatic carbocycles. The highest BCUT2D eigenvalue weighted by Gasteiger charge is 2.58. The van der Waals surface area contributed by atoms with E-state index in [9.17, 15) is 14.7 Å². The maximum atomic E-state index is 12.2. The zero-order valence-corrected chi connectivity index (χ0v) is 14.7. The van der Waals surface area contributed by atoms with Gasteiger partial charge < -0.3 is 14.9 Å². The molecule has 2 aromatic rings. The fourth-order valence-electron chi connectivity index (χ4n) is 4.06. The number of aliphatic carboxylic acids is 1. The molecule has 2 aromatic heterocycles. The first-order valence-electron chi connectivity index (χ1n) is 8.47. The Morgan fingerprint density at radius 1 is 1.35 bits per heavy atom. The highest BCUT2D eigenvalue weighted by atomic mass is 16.4. The third kappa shape index (κ3) is 2.57. The molecule has 2 amide bonds. The predicted molar refractivity (Wildman–Crippen MR) is 90.3 cm³/mol. The Kier molecular flexibility index (Phi) is 3.79. The molecular formula is C16H21N7O3. The Morgan fingerprint density at radius 2 is 2.15 bits per heavy atom. The van der Waals surface area contributed by atoms with Gasteiger partial charge in [0, 0.05) is 58.6 Å². The maximum Gasteiger partial charge on any atom is 0.319 e. The van der Waals surface area contributed by atoms with Crippen molar-refractivity contribution in [2.45, 2.75) is 6.54 Å². The number of hydrogen-bond acceptors (Lipinski definition) is 6. The molecule has 0 spiro atoms. The fourth-order valence-corrected chi connectivity index (χ4v) is 4.06. The molecule has 26 heavy (non-hydrogen) atoms. The third-order valence-corrected chi connectivity index (χ3v) is 5.28. The summed E-state index contributed by atoms with van der Waals surface area (Å²) in [6.45, 7) is 2.15. The number of carbonyl (C=O) groups is 2. The van der Waals surface area contributed by atoms with Crippen LogP contribution in [0.25, 0.3) is 5.78 Å². The zero-order valence-electron chi connectivity index (χ0n) is 14.7. The van der Waals surface area contributed by atoms with E-state index in [1.54, 1.807) is 42.0 Å². The van der Waals surface area contributed by atoms with E-state index in [0.29, 0.717) is 37.8 Å². The van der Waals surface area contributed by atoms with Gasteiger partial charge in [-0.3, -0.25) is 9.69 Å². The average molecular weight is 359 g/mol. The monoisotopic (exact) mass is 359 g/mol. The molecular weight excluding hydrogens is 338 g/mol. The summed E-state index contributed by atoms with van der Waals surface area (Å²) in [5.41, 5.74) is -0.928. The predicted octanol–water partition coefficient (Wildman–Crippen LogP) is -0.376. The van der Waals surface area contributed by atoms with Gasteiger partial charge in [0.2, 0.25) is 0 Å². The Labute approximate surface area is 150 Å². The number of carbonyl (C=O) groups excluding carboxylic acids is 1. The molecule has 0 radical (unpaired) electrons. The summed E-state index contributed by atoms with van der Waals surface area (Å²) in [6.07, 6.45) is 3.44. The minimum absolute atomic E-state index is 0.0981. The van der Waals surface area contributed by atoms with Crippen LogP contribution in [0.2, 0.25) is 0 Å². The van der Waals surface area contributed by atoms with E-state index in [1.165, 1.54) is 4.90 Å². The van der Waals surface area contributed by atoms with Gasteiger partial charge >= 0.3 is 12.0 Å². The second-order valence-corrected chi connectivity index (χ2v) is 7.28. The van der Waals surface area contributed by atoms with Crippen LogP contribution in [0.3, 0.4) is 0 Å².